The third kappa shape index (κ3) is 8.48. The zero-order valence-electron chi connectivity index (χ0n) is 32.7. The van der Waals surface area contributed by atoms with Gasteiger partial charge in [0, 0.05) is 32.4 Å². The number of hydrogen-bond acceptors (Lipinski definition) is 11. The molecule has 0 aliphatic rings. The number of anilines is 1. The van der Waals surface area contributed by atoms with Gasteiger partial charge in [-0.2, -0.15) is 14.7 Å². The van der Waals surface area contributed by atoms with Gasteiger partial charge in [-0.15, -0.1) is 0 Å². The third-order valence-corrected chi connectivity index (χ3v) is 8.02. The Labute approximate surface area is 324 Å². The molecule has 0 saturated heterocycles. The summed E-state index contributed by atoms with van der Waals surface area (Å²) in [4.78, 5) is 76.2. The van der Waals surface area contributed by atoms with Crippen molar-refractivity contribution in [2.24, 2.45) is 0 Å². The number of fused-ring (bicyclic) bond motifs is 4. The maximum absolute atomic E-state index is 15.9. The second-order valence-electron chi connectivity index (χ2n) is 16.7. The summed E-state index contributed by atoms with van der Waals surface area (Å²) in [6, 6.07) is 7.11. The lowest BCUT2D eigenvalue weighted by molar-refractivity contribution is 0.0422. The molecule has 5 aromatic rings. The summed E-state index contributed by atoms with van der Waals surface area (Å²) in [7, 11) is 0. The molecule has 3 heterocycles. The van der Waals surface area contributed by atoms with Crippen LogP contribution in [0.15, 0.2) is 52.0 Å². The van der Waals surface area contributed by atoms with E-state index >= 15 is 9.18 Å². The lowest BCUT2D eigenvalue weighted by Gasteiger charge is -2.30. The summed E-state index contributed by atoms with van der Waals surface area (Å²) in [5, 5.41) is 4.54. The molecule has 2 amide bonds. The molecule has 0 atom stereocenters. The summed E-state index contributed by atoms with van der Waals surface area (Å²) >= 11 is 3.56. The molecule has 2 aromatic carbocycles. The van der Waals surface area contributed by atoms with Crippen molar-refractivity contribution in [1.82, 2.24) is 19.3 Å². The highest BCUT2D eigenvalue weighted by atomic mass is 79.9. The molecule has 0 saturated carbocycles. The molecule has 5 rings (SSSR count). The first-order valence-corrected chi connectivity index (χ1v) is 18.0. The van der Waals surface area contributed by atoms with Gasteiger partial charge in [-0.05, 0) is 129 Å². The van der Waals surface area contributed by atoms with E-state index in [2.05, 4.69) is 26.0 Å². The third-order valence-electron chi connectivity index (χ3n) is 7.42. The number of rotatable bonds is 2. The quantitative estimate of drug-likeness (QED) is 0.123. The van der Waals surface area contributed by atoms with E-state index in [1.165, 1.54) is 18.5 Å². The van der Waals surface area contributed by atoms with Crippen molar-refractivity contribution in [1.29, 1.82) is 0 Å². The average Bonchev–Trinajstić information content (AvgIpc) is 3.46. The van der Waals surface area contributed by atoms with E-state index in [1.54, 1.807) is 101 Å². The monoisotopic (exact) mass is 823 g/mol. The van der Waals surface area contributed by atoms with Gasteiger partial charge in [0.15, 0.2) is 0 Å². The van der Waals surface area contributed by atoms with E-state index in [9.17, 15) is 19.2 Å². The predicted octanol–water partition coefficient (Wildman–Crippen LogP) is 9.71. The molecule has 292 valence electrons. The van der Waals surface area contributed by atoms with Crippen molar-refractivity contribution in [3.63, 3.8) is 0 Å². The topological polar surface area (TPSA) is 161 Å². The van der Waals surface area contributed by atoms with Gasteiger partial charge < -0.3 is 18.9 Å². The zero-order valence-corrected chi connectivity index (χ0v) is 34.3. The van der Waals surface area contributed by atoms with Crippen molar-refractivity contribution in [3.05, 3.63) is 63.4 Å². The normalized spacial score (nSPS) is 12.5. The molecule has 14 nitrogen and oxygen atoms in total. The molecule has 0 bridgehead atoms. The molecule has 0 aliphatic carbocycles. The second-order valence-corrected chi connectivity index (χ2v) is 17.5. The Balaban J connectivity index is 2.08. The number of pyridine rings is 2. The van der Waals surface area contributed by atoms with Crippen LogP contribution in [0.5, 0.6) is 0 Å². The fraction of sp³-hybridized carbons (Fsp3) is 0.410. The number of benzene rings is 2. The summed E-state index contributed by atoms with van der Waals surface area (Å²) in [5.41, 5.74) is -6.47. The summed E-state index contributed by atoms with van der Waals surface area (Å²) in [5.74, 6) is -0.873. The standard InChI is InChI=1S/C39H43BrFN5O9/c1-36(2,3)52-32(48)44-28-21-14-13-17-42-27(21)24(40)18-22(28)26(20-15-16-25(41)29-23(20)19-43-46(29)35(51)55-39(10,11)12)30(31(44)47)45(33(49)53-37(4,5)6)34(50)54-38(7,8)9/h13-19H,1-12H3. The van der Waals surface area contributed by atoms with Gasteiger partial charge in [0.05, 0.1) is 17.2 Å². The van der Waals surface area contributed by atoms with Crippen LogP contribution >= 0.6 is 15.9 Å². The molecule has 0 spiro atoms. The van der Waals surface area contributed by atoms with Crippen molar-refractivity contribution in [2.75, 3.05) is 4.90 Å². The highest BCUT2D eigenvalue weighted by Gasteiger charge is 2.40. The average molecular weight is 825 g/mol. The summed E-state index contributed by atoms with van der Waals surface area (Å²) in [6.45, 7) is 19.1. The Morgan fingerprint density at radius 1 is 0.727 bits per heavy atom. The minimum absolute atomic E-state index is 0.0152. The maximum atomic E-state index is 15.9. The van der Waals surface area contributed by atoms with Gasteiger partial charge in [0.25, 0.3) is 5.56 Å². The van der Waals surface area contributed by atoms with Crippen LogP contribution in [0, 0.1) is 5.82 Å². The predicted molar refractivity (Wildman–Crippen MR) is 208 cm³/mol. The van der Waals surface area contributed by atoms with E-state index in [1.807, 2.05) is 0 Å². The minimum Gasteiger partial charge on any atom is -0.443 e. The van der Waals surface area contributed by atoms with Crippen LogP contribution in [-0.4, -0.2) is 66.1 Å². The second kappa shape index (κ2) is 14.0. The number of hydrogen-bond donors (Lipinski definition) is 0. The largest absolute Gasteiger partial charge is 0.443 e. The molecule has 3 aromatic heterocycles. The van der Waals surface area contributed by atoms with E-state index in [4.69, 9.17) is 18.9 Å². The molecular formula is C39H43BrFN5O9. The minimum atomic E-state index is -1.32. The number of imide groups is 1. The smallest absolute Gasteiger partial charge is 0.435 e. The lowest BCUT2D eigenvalue weighted by atomic mass is 9.94. The fourth-order valence-corrected chi connectivity index (χ4v) is 6.21. The van der Waals surface area contributed by atoms with Crippen molar-refractivity contribution >= 4 is 78.7 Å². The molecule has 0 radical (unpaired) electrons. The first-order chi connectivity index (χ1) is 25.2. The number of halogens is 2. The highest BCUT2D eigenvalue weighted by Crippen LogP contribution is 2.44. The zero-order chi connectivity index (χ0) is 41.2. The molecule has 0 N–H and O–H groups in total. The van der Waals surface area contributed by atoms with Crippen LogP contribution < -0.4 is 10.5 Å². The maximum Gasteiger partial charge on any atom is 0.435 e. The van der Waals surface area contributed by atoms with Gasteiger partial charge in [-0.1, -0.05) is 6.07 Å². The first-order valence-electron chi connectivity index (χ1n) is 17.2. The lowest BCUT2D eigenvalue weighted by Crippen LogP contribution is -2.47. The van der Waals surface area contributed by atoms with E-state index in [-0.39, 0.29) is 32.9 Å². The molecule has 0 fully saturated rings. The highest BCUT2D eigenvalue weighted by molar-refractivity contribution is 9.10. The Morgan fingerprint density at radius 2 is 1.27 bits per heavy atom. The van der Waals surface area contributed by atoms with Crippen LogP contribution in [0.25, 0.3) is 43.8 Å². The molecule has 16 heteroatoms. The van der Waals surface area contributed by atoms with Crippen LogP contribution in [0.2, 0.25) is 0 Å². The fourth-order valence-electron chi connectivity index (χ4n) is 5.66. The Kier molecular flexibility index (Phi) is 10.4. The van der Waals surface area contributed by atoms with Gasteiger partial charge >= 0.3 is 24.4 Å². The summed E-state index contributed by atoms with van der Waals surface area (Å²) in [6.07, 6.45) is -2.06. The Morgan fingerprint density at radius 3 is 1.82 bits per heavy atom. The van der Waals surface area contributed by atoms with Crippen LogP contribution in [0.4, 0.5) is 29.3 Å². The van der Waals surface area contributed by atoms with Crippen LogP contribution in [0.3, 0.4) is 0 Å². The molecule has 55 heavy (non-hydrogen) atoms. The van der Waals surface area contributed by atoms with E-state index < -0.39 is 63.8 Å². The number of ether oxygens (including phenoxy) is 4. The molecule has 0 unspecified atom stereocenters. The number of carbonyl (C=O) groups excluding carboxylic acids is 4. The van der Waals surface area contributed by atoms with E-state index in [0.29, 0.717) is 24.8 Å². The van der Waals surface area contributed by atoms with Crippen LogP contribution in [0.1, 0.15) is 83.1 Å². The van der Waals surface area contributed by atoms with Crippen LogP contribution in [-0.2, 0) is 18.9 Å². The molecular weight excluding hydrogens is 781 g/mol. The van der Waals surface area contributed by atoms with Gasteiger partial charge in [-0.25, -0.2) is 28.1 Å². The van der Waals surface area contributed by atoms with Crippen molar-refractivity contribution < 1.29 is 42.5 Å². The number of carbonyl (C=O) groups is 4. The van der Waals surface area contributed by atoms with Gasteiger partial charge in [-0.3, -0.25) is 9.78 Å². The Bertz CT molecular complexity index is 2440. The van der Waals surface area contributed by atoms with Crippen molar-refractivity contribution in [3.8, 4) is 11.1 Å². The van der Waals surface area contributed by atoms with Gasteiger partial charge in [0.2, 0.25) is 0 Å². The summed E-state index contributed by atoms with van der Waals surface area (Å²) < 4.78 is 40.3. The van der Waals surface area contributed by atoms with E-state index in [0.717, 1.165) is 10.7 Å². The molecule has 0 aliphatic heterocycles. The Hall–Kier alpha value is -5.38. The van der Waals surface area contributed by atoms with Gasteiger partial charge in [0.1, 0.15) is 39.4 Å². The SMILES string of the molecule is CC(C)(C)OC(=O)N(C(=O)OC(C)(C)C)c1c(-c2ccc(F)c3c2cnn3C(=O)OC(C)(C)C)c2cc(Br)c3ncccc3c2n(C(=O)OC(C)(C)C)c1=O. The number of aromatic nitrogens is 4. The van der Waals surface area contributed by atoms with Crippen molar-refractivity contribution in [2.45, 2.75) is 105 Å². The number of amides is 2. The first kappa shape index (κ1) is 40.8. The number of nitrogens with zero attached hydrogens (tertiary/aromatic N) is 5.